The van der Waals surface area contributed by atoms with E-state index < -0.39 is 11.7 Å². The molecule has 1 aromatic rings. The number of likely N-dealkylation sites (tertiary alicyclic amines) is 1. The molecule has 124 valence electrons. The zero-order valence-electron chi connectivity index (χ0n) is 12.4. The Kier molecular flexibility index (Phi) is 6.02. The first-order valence-corrected chi connectivity index (χ1v) is 7.59. The van der Waals surface area contributed by atoms with E-state index in [1.54, 1.807) is 0 Å². The Morgan fingerprint density at radius 2 is 2.23 bits per heavy atom. The summed E-state index contributed by atoms with van der Waals surface area (Å²) in [4.78, 5) is 6.20. The minimum atomic E-state index is -4.34. The molecule has 0 aliphatic carbocycles. The average molecular weight is 317 g/mol. The van der Waals surface area contributed by atoms with Crippen LogP contribution in [0.3, 0.4) is 0 Å². The van der Waals surface area contributed by atoms with Gasteiger partial charge in [0.1, 0.15) is 5.82 Å². The molecule has 1 aliphatic rings. The molecule has 22 heavy (non-hydrogen) atoms. The van der Waals surface area contributed by atoms with Crippen molar-refractivity contribution in [1.29, 1.82) is 0 Å². The van der Waals surface area contributed by atoms with Crippen LogP contribution in [0.5, 0.6) is 0 Å². The third kappa shape index (κ3) is 5.14. The molecule has 0 spiro atoms. The van der Waals surface area contributed by atoms with E-state index in [0.717, 1.165) is 51.0 Å². The second-order valence-electron chi connectivity index (χ2n) is 5.70. The number of alkyl halides is 3. The highest BCUT2D eigenvalue weighted by Gasteiger charge is 2.30. The van der Waals surface area contributed by atoms with Gasteiger partial charge in [-0.2, -0.15) is 13.2 Å². The molecule has 0 amide bonds. The third-order valence-electron chi connectivity index (χ3n) is 3.91. The lowest BCUT2D eigenvalue weighted by Gasteiger charge is -2.31. The number of hydrogen-bond acceptors (Lipinski definition) is 4. The summed E-state index contributed by atoms with van der Waals surface area (Å²) in [5.41, 5.74) is -0.688. The van der Waals surface area contributed by atoms with E-state index >= 15 is 0 Å². The number of pyridine rings is 1. The van der Waals surface area contributed by atoms with Gasteiger partial charge in [0.05, 0.1) is 5.56 Å². The van der Waals surface area contributed by atoms with Gasteiger partial charge in [0, 0.05) is 25.9 Å². The molecule has 1 aliphatic heterocycles. The van der Waals surface area contributed by atoms with Crippen LogP contribution >= 0.6 is 0 Å². The molecule has 0 bridgehead atoms. The van der Waals surface area contributed by atoms with Crippen molar-refractivity contribution >= 4 is 5.82 Å². The van der Waals surface area contributed by atoms with Crippen molar-refractivity contribution in [3.8, 4) is 0 Å². The lowest BCUT2D eigenvalue weighted by Crippen LogP contribution is -2.37. The summed E-state index contributed by atoms with van der Waals surface area (Å²) >= 11 is 0. The Bertz CT molecular complexity index is 468. The quantitative estimate of drug-likeness (QED) is 0.792. The number of aliphatic hydroxyl groups is 1. The summed E-state index contributed by atoms with van der Waals surface area (Å²) in [6.45, 7) is 3.61. The van der Waals surface area contributed by atoms with E-state index in [0.29, 0.717) is 12.5 Å². The molecule has 0 unspecified atom stereocenters. The van der Waals surface area contributed by atoms with Gasteiger partial charge < -0.3 is 15.3 Å². The maximum Gasteiger partial charge on any atom is 0.416 e. The lowest BCUT2D eigenvalue weighted by molar-refractivity contribution is -0.137. The summed E-state index contributed by atoms with van der Waals surface area (Å²) in [5.74, 6) is 0.605. The maximum absolute atomic E-state index is 12.6. The standard InChI is InChI=1S/C15H22F3N3O/c16-15(17,18)13-4-6-20-14(9-13)19-5-2-8-21-7-1-3-12(10-21)11-22/h4,6,9,12,22H,1-3,5,7-8,10-11H2,(H,19,20)/t12-/m1/s1. The van der Waals surface area contributed by atoms with Crippen LogP contribution in [0, 0.1) is 5.92 Å². The topological polar surface area (TPSA) is 48.4 Å². The average Bonchev–Trinajstić information content (AvgIpc) is 2.51. The van der Waals surface area contributed by atoms with Crippen LogP contribution in [-0.4, -0.2) is 47.8 Å². The molecule has 2 rings (SSSR count). The number of rotatable bonds is 6. The highest BCUT2D eigenvalue weighted by molar-refractivity contribution is 5.38. The number of nitrogens with zero attached hydrogens (tertiary/aromatic N) is 2. The van der Waals surface area contributed by atoms with Gasteiger partial charge in [-0.05, 0) is 50.4 Å². The van der Waals surface area contributed by atoms with E-state index in [-0.39, 0.29) is 12.4 Å². The van der Waals surface area contributed by atoms with E-state index in [4.69, 9.17) is 0 Å². The van der Waals surface area contributed by atoms with Gasteiger partial charge in [-0.15, -0.1) is 0 Å². The maximum atomic E-state index is 12.6. The van der Waals surface area contributed by atoms with Crippen molar-refractivity contribution in [3.05, 3.63) is 23.9 Å². The number of aliphatic hydroxyl groups excluding tert-OH is 1. The second-order valence-corrected chi connectivity index (χ2v) is 5.70. The fourth-order valence-corrected chi connectivity index (χ4v) is 2.73. The Hall–Kier alpha value is -1.34. The molecule has 0 saturated carbocycles. The van der Waals surface area contributed by atoms with E-state index in [1.165, 1.54) is 6.20 Å². The molecule has 7 heteroatoms. The van der Waals surface area contributed by atoms with Gasteiger partial charge >= 0.3 is 6.18 Å². The second kappa shape index (κ2) is 7.78. The number of aromatic nitrogens is 1. The van der Waals surface area contributed by atoms with Crippen molar-refractivity contribution < 1.29 is 18.3 Å². The van der Waals surface area contributed by atoms with Gasteiger partial charge in [-0.3, -0.25) is 0 Å². The summed E-state index contributed by atoms with van der Waals surface area (Å²) < 4.78 is 37.8. The van der Waals surface area contributed by atoms with E-state index in [9.17, 15) is 18.3 Å². The molecule has 0 radical (unpaired) electrons. The SMILES string of the molecule is OC[C@@H]1CCCN(CCCNc2cc(C(F)(F)F)ccn2)C1. The van der Waals surface area contributed by atoms with E-state index in [2.05, 4.69) is 15.2 Å². The molecule has 1 fully saturated rings. The number of nitrogens with one attached hydrogen (secondary N) is 1. The molecule has 2 heterocycles. The highest BCUT2D eigenvalue weighted by atomic mass is 19.4. The van der Waals surface area contributed by atoms with Gasteiger partial charge in [-0.25, -0.2) is 4.98 Å². The smallest absolute Gasteiger partial charge is 0.396 e. The summed E-state index contributed by atoms with van der Waals surface area (Å²) in [7, 11) is 0. The first-order chi connectivity index (χ1) is 10.5. The van der Waals surface area contributed by atoms with Gasteiger partial charge in [0.25, 0.3) is 0 Å². The molecular formula is C15H22F3N3O. The summed E-state index contributed by atoms with van der Waals surface area (Å²) in [6, 6.07) is 2.00. The molecule has 4 nitrogen and oxygen atoms in total. The Morgan fingerprint density at radius 3 is 2.95 bits per heavy atom. The molecule has 1 atom stereocenters. The first-order valence-electron chi connectivity index (χ1n) is 7.59. The Labute approximate surface area is 128 Å². The van der Waals surface area contributed by atoms with E-state index in [1.807, 2.05) is 0 Å². The third-order valence-corrected chi connectivity index (χ3v) is 3.91. The van der Waals surface area contributed by atoms with Crippen LogP contribution in [0.2, 0.25) is 0 Å². The van der Waals surface area contributed by atoms with Crippen molar-refractivity contribution in [2.45, 2.75) is 25.4 Å². The van der Waals surface area contributed by atoms with Crippen LogP contribution in [0.4, 0.5) is 19.0 Å². The fourth-order valence-electron chi connectivity index (χ4n) is 2.73. The Balaban J connectivity index is 1.73. The lowest BCUT2D eigenvalue weighted by atomic mass is 9.99. The summed E-state index contributed by atoms with van der Waals surface area (Å²) in [5, 5.41) is 12.1. The van der Waals surface area contributed by atoms with Gasteiger partial charge in [0.2, 0.25) is 0 Å². The van der Waals surface area contributed by atoms with Gasteiger partial charge in [0.15, 0.2) is 0 Å². The predicted molar refractivity (Wildman–Crippen MR) is 78.6 cm³/mol. The molecular weight excluding hydrogens is 295 g/mol. The molecule has 2 N–H and O–H groups in total. The predicted octanol–water partition coefficient (Wildman–Crippen LogP) is 2.61. The van der Waals surface area contributed by atoms with Crippen LogP contribution < -0.4 is 5.32 Å². The first kappa shape index (κ1) is 17.0. The number of piperidine rings is 1. The highest BCUT2D eigenvalue weighted by Crippen LogP contribution is 2.29. The van der Waals surface area contributed by atoms with Crippen LogP contribution in [0.1, 0.15) is 24.8 Å². The Morgan fingerprint density at radius 1 is 1.41 bits per heavy atom. The van der Waals surface area contributed by atoms with Crippen molar-refractivity contribution in [2.75, 3.05) is 38.1 Å². The monoisotopic (exact) mass is 317 g/mol. The van der Waals surface area contributed by atoms with Crippen molar-refractivity contribution in [2.24, 2.45) is 5.92 Å². The van der Waals surface area contributed by atoms with Crippen molar-refractivity contribution in [3.63, 3.8) is 0 Å². The minimum absolute atomic E-state index is 0.225. The van der Waals surface area contributed by atoms with Crippen LogP contribution in [-0.2, 0) is 6.18 Å². The van der Waals surface area contributed by atoms with Crippen molar-refractivity contribution in [1.82, 2.24) is 9.88 Å². The summed E-state index contributed by atoms with van der Waals surface area (Å²) in [6.07, 6.45) is -0.183. The zero-order valence-corrected chi connectivity index (χ0v) is 12.4. The number of halogens is 3. The molecule has 0 aromatic carbocycles. The largest absolute Gasteiger partial charge is 0.416 e. The minimum Gasteiger partial charge on any atom is -0.396 e. The zero-order chi connectivity index (χ0) is 16.0. The molecule has 1 aromatic heterocycles. The molecule has 1 saturated heterocycles. The number of hydrogen-bond donors (Lipinski definition) is 2. The fraction of sp³-hybridized carbons (Fsp3) is 0.667. The number of anilines is 1. The normalized spacial score (nSPS) is 20.1. The van der Waals surface area contributed by atoms with Crippen LogP contribution in [0.15, 0.2) is 18.3 Å². The van der Waals surface area contributed by atoms with Crippen LogP contribution in [0.25, 0.3) is 0 Å². The van der Waals surface area contributed by atoms with Gasteiger partial charge in [-0.1, -0.05) is 0 Å².